The monoisotopic (exact) mass is 476 g/mol. The number of aryl methyl sites for hydroxylation is 1. The number of rotatable bonds is 8. The second kappa shape index (κ2) is 11.1. The fraction of sp³-hybridized carbons (Fsp3) is 0.370. The van der Waals surface area contributed by atoms with Crippen LogP contribution in [0.1, 0.15) is 50.9 Å². The molecule has 0 saturated carbocycles. The number of carbonyl (C=O) groups excluding carboxylic acids is 2. The summed E-state index contributed by atoms with van der Waals surface area (Å²) in [6.45, 7) is 7.61. The van der Waals surface area contributed by atoms with E-state index >= 15 is 0 Å². The van der Waals surface area contributed by atoms with E-state index in [-0.39, 0.29) is 0 Å². The predicted octanol–water partition coefficient (Wildman–Crippen LogP) is 4.50. The molecule has 1 atom stereocenters. The fourth-order valence-electron chi connectivity index (χ4n) is 4.24. The van der Waals surface area contributed by atoms with Gasteiger partial charge in [0.2, 0.25) is 0 Å². The molecule has 0 bridgehead atoms. The van der Waals surface area contributed by atoms with Crippen LogP contribution >= 0.6 is 0 Å². The van der Waals surface area contributed by atoms with Crippen molar-refractivity contribution in [3.63, 3.8) is 0 Å². The number of hydrogen-bond acceptors (Lipinski definition) is 5. The maximum Gasteiger partial charge on any atom is 0.313 e. The molecule has 8 nitrogen and oxygen atoms in total. The first-order valence-corrected chi connectivity index (χ1v) is 12.2. The number of benzene rings is 2. The Balaban J connectivity index is 1.37. The number of aromatic nitrogens is 2. The van der Waals surface area contributed by atoms with Gasteiger partial charge in [-0.05, 0) is 82.0 Å². The molecule has 0 radical (unpaired) electrons. The normalized spacial score (nSPS) is 13.5. The molecule has 2 aromatic carbocycles. The second-order valence-electron chi connectivity index (χ2n) is 8.48. The van der Waals surface area contributed by atoms with Crippen molar-refractivity contribution < 1.29 is 19.1 Å². The molecule has 1 aromatic heterocycles. The lowest BCUT2D eigenvalue weighted by atomic mass is 10.1. The lowest BCUT2D eigenvalue weighted by molar-refractivity contribution is -0.136. The molecule has 2 N–H and O–H groups in total. The van der Waals surface area contributed by atoms with E-state index < -0.39 is 17.9 Å². The van der Waals surface area contributed by atoms with E-state index in [1.807, 2.05) is 57.3 Å². The van der Waals surface area contributed by atoms with Gasteiger partial charge in [0.1, 0.15) is 5.82 Å². The Hall–Kier alpha value is -3.81. The van der Waals surface area contributed by atoms with Crippen molar-refractivity contribution in [3.8, 4) is 22.9 Å². The highest BCUT2D eigenvalue weighted by molar-refractivity contribution is 6.39. The highest BCUT2D eigenvalue weighted by atomic mass is 16.5. The van der Waals surface area contributed by atoms with Gasteiger partial charge in [-0.1, -0.05) is 6.07 Å². The molecule has 8 heteroatoms. The highest BCUT2D eigenvalue weighted by Gasteiger charge is 2.19. The van der Waals surface area contributed by atoms with E-state index in [0.717, 1.165) is 36.3 Å². The molecule has 4 rings (SSSR count). The van der Waals surface area contributed by atoms with E-state index in [4.69, 9.17) is 9.47 Å². The third-order valence-electron chi connectivity index (χ3n) is 6.03. The zero-order chi connectivity index (χ0) is 24.8. The zero-order valence-corrected chi connectivity index (χ0v) is 20.5. The van der Waals surface area contributed by atoms with Gasteiger partial charge in [-0.15, -0.1) is 0 Å². The second-order valence-corrected chi connectivity index (χ2v) is 8.48. The topological polar surface area (TPSA) is 94.5 Å². The average molecular weight is 477 g/mol. The standard InChI is InChI=1S/C27H32N4O4/c1-4-34-23-14-11-20(16-24(23)35-5-2)18(3)29-26(32)27(33)30-21-12-9-19(10-13-21)25-28-17-22-8-6-7-15-31(22)25/h9-14,16-18H,4-8,15H2,1-3H3,(H,29,32)(H,30,33). The smallest absolute Gasteiger partial charge is 0.313 e. The number of imidazole rings is 1. The first kappa shape index (κ1) is 24.3. The predicted molar refractivity (Wildman–Crippen MR) is 135 cm³/mol. The minimum atomic E-state index is -0.723. The van der Waals surface area contributed by atoms with Gasteiger partial charge in [0, 0.05) is 29.7 Å². The Labute approximate surface area is 205 Å². The van der Waals surface area contributed by atoms with Crippen LogP contribution in [0.4, 0.5) is 5.69 Å². The summed E-state index contributed by atoms with van der Waals surface area (Å²) in [5, 5.41) is 5.41. The summed E-state index contributed by atoms with van der Waals surface area (Å²) >= 11 is 0. The molecular weight excluding hydrogens is 444 g/mol. The summed E-state index contributed by atoms with van der Waals surface area (Å²) in [6.07, 6.45) is 5.35. The van der Waals surface area contributed by atoms with Crippen LogP contribution in [0.3, 0.4) is 0 Å². The summed E-state index contributed by atoms with van der Waals surface area (Å²) < 4.78 is 13.5. The van der Waals surface area contributed by atoms with Gasteiger partial charge in [-0.25, -0.2) is 4.98 Å². The number of ether oxygens (including phenoxy) is 2. The molecule has 0 fully saturated rings. The minimum Gasteiger partial charge on any atom is -0.490 e. The average Bonchev–Trinajstić information content (AvgIpc) is 3.30. The van der Waals surface area contributed by atoms with Gasteiger partial charge < -0.3 is 24.7 Å². The Morgan fingerprint density at radius 1 is 1.00 bits per heavy atom. The summed E-state index contributed by atoms with van der Waals surface area (Å²) in [4.78, 5) is 29.6. The maximum atomic E-state index is 12.5. The van der Waals surface area contributed by atoms with Crippen molar-refractivity contribution in [2.45, 2.75) is 52.6 Å². The van der Waals surface area contributed by atoms with Crippen molar-refractivity contribution in [1.29, 1.82) is 0 Å². The van der Waals surface area contributed by atoms with Gasteiger partial charge in [-0.2, -0.15) is 0 Å². The first-order chi connectivity index (χ1) is 17.0. The third kappa shape index (κ3) is 5.65. The SMILES string of the molecule is CCOc1ccc(C(C)NC(=O)C(=O)Nc2ccc(-c3ncc4n3CCCC4)cc2)cc1OCC. The molecule has 0 spiro atoms. The van der Waals surface area contributed by atoms with Crippen molar-refractivity contribution in [2.24, 2.45) is 0 Å². The number of anilines is 1. The zero-order valence-electron chi connectivity index (χ0n) is 20.5. The Kier molecular flexibility index (Phi) is 7.70. The van der Waals surface area contributed by atoms with Gasteiger partial charge >= 0.3 is 11.8 Å². The van der Waals surface area contributed by atoms with Crippen LogP contribution in [0.5, 0.6) is 11.5 Å². The third-order valence-corrected chi connectivity index (χ3v) is 6.03. The van der Waals surface area contributed by atoms with Gasteiger partial charge in [0.15, 0.2) is 11.5 Å². The molecule has 3 aromatic rings. The lowest BCUT2D eigenvalue weighted by Crippen LogP contribution is -2.36. The number of fused-ring (bicyclic) bond motifs is 1. The van der Waals surface area contributed by atoms with E-state index in [1.165, 1.54) is 12.1 Å². The van der Waals surface area contributed by atoms with E-state index in [2.05, 4.69) is 20.2 Å². The van der Waals surface area contributed by atoms with E-state index in [9.17, 15) is 9.59 Å². The van der Waals surface area contributed by atoms with Gasteiger partial charge in [0.05, 0.1) is 19.3 Å². The summed E-state index contributed by atoms with van der Waals surface area (Å²) in [5.74, 6) is 0.755. The fourth-order valence-corrected chi connectivity index (χ4v) is 4.24. The van der Waals surface area contributed by atoms with Crippen LogP contribution in [-0.4, -0.2) is 34.6 Å². The summed E-state index contributed by atoms with van der Waals surface area (Å²) in [6, 6.07) is 12.5. The molecule has 184 valence electrons. The molecule has 0 aliphatic carbocycles. The van der Waals surface area contributed by atoms with Crippen LogP contribution in [-0.2, 0) is 22.6 Å². The summed E-state index contributed by atoms with van der Waals surface area (Å²) in [5.41, 5.74) is 3.60. The highest BCUT2D eigenvalue weighted by Crippen LogP contribution is 2.31. The minimum absolute atomic E-state index is 0.392. The van der Waals surface area contributed by atoms with Crippen LogP contribution in [0.2, 0.25) is 0 Å². The molecule has 1 aliphatic rings. The van der Waals surface area contributed by atoms with Crippen LogP contribution in [0, 0.1) is 0 Å². The first-order valence-electron chi connectivity index (χ1n) is 12.2. The van der Waals surface area contributed by atoms with Crippen LogP contribution in [0.15, 0.2) is 48.7 Å². The maximum absolute atomic E-state index is 12.5. The molecule has 35 heavy (non-hydrogen) atoms. The Morgan fingerprint density at radius 2 is 1.74 bits per heavy atom. The lowest BCUT2D eigenvalue weighted by Gasteiger charge is -2.17. The number of amides is 2. The molecule has 0 saturated heterocycles. The van der Waals surface area contributed by atoms with E-state index in [0.29, 0.717) is 30.4 Å². The van der Waals surface area contributed by atoms with Gasteiger partial charge in [-0.3, -0.25) is 9.59 Å². The molecule has 1 unspecified atom stereocenters. The van der Waals surface area contributed by atoms with Gasteiger partial charge in [0.25, 0.3) is 0 Å². The number of nitrogens with zero attached hydrogens (tertiary/aromatic N) is 2. The van der Waals surface area contributed by atoms with Crippen molar-refractivity contribution in [3.05, 3.63) is 59.9 Å². The molecule has 2 amide bonds. The molecule has 2 heterocycles. The van der Waals surface area contributed by atoms with Crippen LogP contribution in [0.25, 0.3) is 11.4 Å². The van der Waals surface area contributed by atoms with Crippen LogP contribution < -0.4 is 20.1 Å². The largest absolute Gasteiger partial charge is 0.490 e. The molecule has 1 aliphatic heterocycles. The number of hydrogen-bond donors (Lipinski definition) is 2. The van der Waals surface area contributed by atoms with Crippen molar-refractivity contribution in [2.75, 3.05) is 18.5 Å². The van der Waals surface area contributed by atoms with E-state index in [1.54, 1.807) is 12.1 Å². The number of nitrogens with one attached hydrogen (secondary N) is 2. The Bertz CT molecular complexity index is 1190. The summed E-state index contributed by atoms with van der Waals surface area (Å²) in [7, 11) is 0. The number of carbonyl (C=O) groups is 2. The van der Waals surface area contributed by atoms with Crippen molar-refractivity contribution >= 4 is 17.5 Å². The van der Waals surface area contributed by atoms with Crippen molar-refractivity contribution in [1.82, 2.24) is 14.9 Å². The Morgan fingerprint density at radius 3 is 2.49 bits per heavy atom. The molecular formula is C27H32N4O4. The quantitative estimate of drug-likeness (QED) is 0.467.